The Bertz CT molecular complexity index is 686. The van der Waals surface area contributed by atoms with Crippen molar-refractivity contribution in [3.63, 3.8) is 0 Å². The van der Waals surface area contributed by atoms with Crippen molar-refractivity contribution < 1.29 is 4.42 Å². The number of rotatable bonds is 1. The molecule has 0 saturated carbocycles. The van der Waals surface area contributed by atoms with E-state index in [9.17, 15) is 0 Å². The predicted octanol–water partition coefficient (Wildman–Crippen LogP) is 3.97. The summed E-state index contributed by atoms with van der Waals surface area (Å²) in [4.78, 5) is 0. The summed E-state index contributed by atoms with van der Waals surface area (Å²) in [5, 5.41) is 10.1. The third-order valence-electron chi connectivity index (χ3n) is 2.74. The molecule has 0 fully saturated rings. The molecule has 0 aliphatic carbocycles. The van der Waals surface area contributed by atoms with Crippen LogP contribution in [0.25, 0.3) is 22.3 Å². The summed E-state index contributed by atoms with van der Waals surface area (Å²) in [6.07, 6.45) is 0. The van der Waals surface area contributed by atoms with Gasteiger partial charge < -0.3 is 4.42 Å². The van der Waals surface area contributed by atoms with Crippen molar-refractivity contribution in [2.75, 3.05) is 0 Å². The summed E-state index contributed by atoms with van der Waals surface area (Å²) >= 11 is 0. The first kappa shape index (κ1) is 9.68. The Morgan fingerprint density at radius 1 is 0.941 bits per heavy atom. The van der Waals surface area contributed by atoms with Crippen LogP contribution in [0.3, 0.4) is 0 Å². The molecule has 1 aromatic heterocycles. The van der Waals surface area contributed by atoms with Crippen LogP contribution in [0.4, 0.5) is 0 Å². The van der Waals surface area contributed by atoms with Crippen molar-refractivity contribution >= 4 is 11.0 Å². The molecule has 3 rings (SSSR count). The van der Waals surface area contributed by atoms with Gasteiger partial charge in [0.15, 0.2) is 0 Å². The minimum Gasteiger partial charge on any atom is -0.456 e. The van der Waals surface area contributed by atoms with E-state index < -0.39 is 0 Å². The first-order valence-electron chi connectivity index (χ1n) is 5.36. The molecule has 1 heterocycles. The molecular formula is C15H9NO. The average Bonchev–Trinajstić information content (AvgIpc) is 2.82. The molecule has 2 nitrogen and oxygen atoms in total. The van der Waals surface area contributed by atoms with E-state index in [0.29, 0.717) is 5.56 Å². The monoisotopic (exact) mass is 219 g/mol. The molecule has 0 amide bonds. The summed E-state index contributed by atoms with van der Waals surface area (Å²) in [5.41, 5.74) is 2.31. The van der Waals surface area contributed by atoms with E-state index >= 15 is 0 Å². The first-order chi connectivity index (χ1) is 8.38. The number of para-hydroxylation sites is 1. The maximum atomic E-state index is 9.06. The van der Waals surface area contributed by atoms with Crippen LogP contribution >= 0.6 is 0 Å². The van der Waals surface area contributed by atoms with Crippen LogP contribution in [0.1, 0.15) is 5.56 Å². The number of benzene rings is 2. The normalized spacial score (nSPS) is 10.3. The first-order valence-corrected chi connectivity index (χ1v) is 5.36. The van der Waals surface area contributed by atoms with Crippen molar-refractivity contribution in [3.05, 3.63) is 60.2 Å². The zero-order valence-electron chi connectivity index (χ0n) is 9.05. The van der Waals surface area contributed by atoms with Gasteiger partial charge >= 0.3 is 0 Å². The largest absolute Gasteiger partial charge is 0.456 e. The standard InChI is InChI=1S/C15H9NO/c16-10-12-6-1-3-7-13(12)15-9-11-5-2-4-8-14(11)17-15/h1-9H. The molecule has 3 aromatic rings. The number of nitriles is 1. The van der Waals surface area contributed by atoms with Gasteiger partial charge in [0.05, 0.1) is 11.6 Å². The van der Waals surface area contributed by atoms with E-state index in [1.807, 2.05) is 48.5 Å². The summed E-state index contributed by atoms with van der Waals surface area (Å²) < 4.78 is 5.75. The second kappa shape index (κ2) is 3.80. The zero-order chi connectivity index (χ0) is 11.7. The van der Waals surface area contributed by atoms with E-state index in [2.05, 4.69) is 6.07 Å². The van der Waals surface area contributed by atoms with E-state index in [1.165, 1.54) is 0 Å². The molecule has 0 aliphatic heterocycles. The Morgan fingerprint density at radius 3 is 2.53 bits per heavy atom. The van der Waals surface area contributed by atoms with Gasteiger partial charge in [0.1, 0.15) is 11.3 Å². The number of hydrogen-bond donors (Lipinski definition) is 0. The molecule has 2 aromatic carbocycles. The molecule has 0 N–H and O–H groups in total. The van der Waals surface area contributed by atoms with Crippen LogP contribution < -0.4 is 0 Å². The van der Waals surface area contributed by atoms with Gasteiger partial charge in [-0.1, -0.05) is 30.3 Å². The Balaban J connectivity index is 2.25. The van der Waals surface area contributed by atoms with Gasteiger partial charge in [0, 0.05) is 10.9 Å². The Labute approximate surface area is 98.7 Å². The number of hydrogen-bond acceptors (Lipinski definition) is 2. The maximum absolute atomic E-state index is 9.06. The van der Waals surface area contributed by atoms with Crippen LogP contribution in [-0.4, -0.2) is 0 Å². The van der Waals surface area contributed by atoms with Gasteiger partial charge in [0.25, 0.3) is 0 Å². The smallest absolute Gasteiger partial charge is 0.136 e. The number of fused-ring (bicyclic) bond motifs is 1. The second-order valence-corrected chi connectivity index (χ2v) is 3.81. The van der Waals surface area contributed by atoms with Crippen molar-refractivity contribution in [1.29, 1.82) is 5.26 Å². The van der Waals surface area contributed by atoms with Crippen LogP contribution in [0.5, 0.6) is 0 Å². The summed E-state index contributed by atoms with van der Waals surface area (Å²) in [7, 11) is 0. The molecule has 0 spiro atoms. The van der Waals surface area contributed by atoms with Crippen molar-refractivity contribution in [2.24, 2.45) is 0 Å². The fourth-order valence-corrected chi connectivity index (χ4v) is 1.91. The predicted molar refractivity (Wildman–Crippen MR) is 66.4 cm³/mol. The van der Waals surface area contributed by atoms with Gasteiger partial charge in [0.2, 0.25) is 0 Å². The molecule has 0 unspecified atom stereocenters. The lowest BCUT2D eigenvalue weighted by atomic mass is 10.1. The fraction of sp³-hybridized carbons (Fsp3) is 0. The molecule has 0 bridgehead atoms. The third-order valence-corrected chi connectivity index (χ3v) is 2.74. The van der Waals surface area contributed by atoms with Gasteiger partial charge in [-0.2, -0.15) is 5.26 Å². The van der Waals surface area contributed by atoms with Crippen LogP contribution in [0.2, 0.25) is 0 Å². The van der Waals surface area contributed by atoms with Crippen molar-refractivity contribution in [2.45, 2.75) is 0 Å². The minimum absolute atomic E-state index is 0.631. The SMILES string of the molecule is N#Cc1ccccc1-c1cc2ccccc2o1. The maximum Gasteiger partial charge on any atom is 0.136 e. The highest BCUT2D eigenvalue weighted by Crippen LogP contribution is 2.29. The lowest BCUT2D eigenvalue weighted by Gasteiger charge is -1.98. The van der Waals surface area contributed by atoms with E-state index in [1.54, 1.807) is 6.07 Å². The molecule has 2 heteroatoms. The Kier molecular flexibility index (Phi) is 2.16. The Morgan fingerprint density at radius 2 is 1.71 bits per heavy atom. The highest BCUT2D eigenvalue weighted by molar-refractivity contribution is 5.83. The summed E-state index contributed by atoms with van der Waals surface area (Å²) in [5.74, 6) is 0.739. The summed E-state index contributed by atoms with van der Waals surface area (Å²) in [6.45, 7) is 0. The van der Waals surface area contributed by atoms with Crippen LogP contribution in [0.15, 0.2) is 59.0 Å². The third kappa shape index (κ3) is 1.58. The molecule has 0 radical (unpaired) electrons. The average molecular weight is 219 g/mol. The van der Waals surface area contributed by atoms with Gasteiger partial charge in [-0.3, -0.25) is 0 Å². The Hall–Kier alpha value is -2.53. The van der Waals surface area contributed by atoms with Crippen LogP contribution in [-0.2, 0) is 0 Å². The highest BCUT2D eigenvalue weighted by Gasteiger charge is 2.09. The van der Waals surface area contributed by atoms with Crippen molar-refractivity contribution in [1.82, 2.24) is 0 Å². The quantitative estimate of drug-likeness (QED) is 0.620. The number of nitrogens with zero attached hydrogens (tertiary/aromatic N) is 1. The summed E-state index contributed by atoms with van der Waals surface area (Å²) in [6, 6.07) is 19.4. The molecular weight excluding hydrogens is 210 g/mol. The molecule has 17 heavy (non-hydrogen) atoms. The zero-order valence-corrected chi connectivity index (χ0v) is 9.05. The fourth-order valence-electron chi connectivity index (χ4n) is 1.91. The van der Waals surface area contributed by atoms with E-state index in [0.717, 1.165) is 22.3 Å². The molecule has 0 atom stereocenters. The molecule has 80 valence electrons. The minimum atomic E-state index is 0.631. The van der Waals surface area contributed by atoms with Crippen LogP contribution in [0, 0.1) is 11.3 Å². The second-order valence-electron chi connectivity index (χ2n) is 3.81. The van der Waals surface area contributed by atoms with E-state index in [-0.39, 0.29) is 0 Å². The van der Waals surface area contributed by atoms with Crippen molar-refractivity contribution in [3.8, 4) is 17.4 Å². The topological polar surface area (TPSA) is 36.9 Å². The lowest BCUT2D eigenvalue weighted by Crippen LogP contribution is -1.80. The molecule has 0 aliphatic rings. The van der Waals surface area contributed by atoms with Gasteiger partial charge in [-0.15, -0.1) is 0 Å². The highest BCUT2D eigenvalue weighted by atomic mass is 16.3. The van der Waals surface area contributed by atoms with Gasteiger partial charge in [-0.05, 0) is 24.3 Å². The lowest BCUT2D eigenvalue weighted by molar-refractivity contribution is 0.631. The van der Waals surface area contributed by atoms with E-state index in [4.69, 9.17) is 9.68 Å². The van der Waals surface area contributed by atoms with Gasteiger partial charge in [-0.25, -0.2) is 0 Å². The number of furan rings is 1. The molecule has 0 saturated heterocycles.